The highest BCUT2D eigenvalue weighted by molar-refractivity contribution is 6.12. The van der Waals surface area contributed by atoms with Gasteiger partial charge in [-0.3, -0.25) is 14.9 Å². The van der Waals surface area contributed by atoms with E-state index in [4.69, 9.17) is 14.2 Å². The molecule has 0 amide bonds. The van der Waals surface area contributed by atoms with Gasteiger partial charge in [-0.15, -0.1) is 0 Å². The number of nitro benzene ring substituents is 1. The number of benzene rings is 2. The first-order valence-corrected chi connectivity index (χ1v) is 6.61. The number of rotatable bonds is 6. The second-order valence-electron chi connectivity index (χ2n) is 4.54. The minimum atomic E-state index is -0.626. The standard InChI is InChI=1S/C16H15NO6/c1-21-11-6-4-10(5-7-11)16(18)12-8-14(22-2)15(23-3)9-13(12)17(19)20/h4-9H,1-3H3. The molecule has 0 saturated heterocycles. The third-order valence-electron chi connectivity index (χ3n) is 3.30. The zero-order chi connectivity index (χ0) is 17.0. The molecule has 0 bridgehead atoms. The largest absolute Gasteiger partial charge is 0.497 e. The molecular formula is C16H15NO6. The van der Waals surface area contributed by atoms with E-state index in [-0.39, 0.29) is 22.7 Å². The minimum Gasteiger partial charge on any atom is -0.497 e. The van der Waals surface area contributed by atoms with Crippen LogP contribution < -0.4 is 14.2 Å². The summed E-state index contributed by atoms with van der Waals surface area (Å²) in [6.45, 7) is 0. The van der Waals surface area contributed by atoms with Gasteiger partial charge in [-0.2, -0.15) is 0 Å². The van der Waals surface area contributed by atoms with Gasteiger partial charge in [0, 0.05) is 11.6 Å². The van der Waals surface area contributed by atoms with Crippen molar-refractivity contribution in [3.8, 4) is 17.2 Å². The highest BCUT2D eigenvalue weighted by Crippen LogP contribution is 2.35. The van der Waals surface area contributed by atoms with Crippen molar-refractivity contribution in [1.29, 1.82) is 0 Å². The zero-order valence-electron chi connectivity index (χ0n) is 12.9. The fourth-order valence-corrected chi connectivity index (χ4v) is 2.10. The molecule has 7 nitrogen and oxygen atoms in total. The van der Waals surface area contributed by atoms with E-state index in [0.29, 0.717) is 11.3 Å². The summed E-state index contributed by atoms with van der Waals surface area (Å²) in [7, 11) is 4.27. The van der Waals surface area contributed by atoms with Crippen molar-refractivity contribution in [2.45, 2.75) is 0 Å². The van der Waals surface area contributed by atoms with Crippen molar-refractivity contribution in [3.05, 3.63) is 57.6 Å². The molecule has 2 aromatic rings. The number of ether oxygens (including phenoxy) is 3. The van der Waals surface area contributed by atoms with Gasteiger partial charge in [0.2, 0.25) is 0 Å². The van der Waals surface area contributed by atoms with Crippen molar-refractivity contribution in [1.82, 2.24) is 0 Å². The maximum Gasteiger partial charge on any atom is 0.284 e. The Morgan fingerprint density at radius 1 is 0.957 bits per heavy atom. The summed E-state index contributed by atoms with van der Waals surface area (Å²) in [5, 5.41) is 11.3. The Bertz CT molecular complexity index is 739. The third-order valence-corrected chi connectivity index (χ3v) is 3.30. The Balaban J connectivity index is 2.55. The van der Waals surface area contributed by atoms with E-state index in [1.54, 1.807) is 24.3 Å². The Hall–Kier alpha value is -3.09. The van der Waals surface area contributed by atoms with E-state index in [2.05, 4.69) is 0 Å². The van der Waals surface area contributed by atoms with E-state index in [1.165, 1.54) is 33.5 Å². The fraction of sp³-hybridized carbons (Fsp3) is 0.188. The van der Waals surface area contributed by atoms with Gasteiger partial charge in [0.25, 0.3) is 5.69 Å². The molecule has 0 atom stereocenters. The van der Waals surface area contributed by atoms with Gasteiger partial charge in [0.05, 0.1) is 32.3 Å². The van der Waals surface area contributed by atoms with Crippen LogP contribution in [0.25, 0.3) is 0 Å². The molecule has 120 valence electrons. The summed E-state index contributed by atoms with van der Waals surface area (Å²) in [4.78, 5) is 23.2. The van der Waals surface area contributed by atoms with Gasteiger partial charge in [-0.1, -0.05) is 0 Å². The Labute approximate surface area is 132 Å². The molecule has 0 aliphatic heterocycles. The number of nitrogens with zero attached hydrogens (tertiary/aromatic N) is 1. The molecule has 2 aromatic carbocycles. The Kier molecular flexibility index (Phi) is 4.80. The lowest BCUT2D eigenvalue weighted by Crippen LogP contribution is -2.07. The van der Waals surface area contributed by atoms with Crippen LogP contribution in [0.5, 0.6) is 17.2 Å². The maximum atomic E-state index is 12.6. The molecule has 0 aromatic heterocycles. The van der Waals surface area contributed by atoms with E-state index in [9.17, 15) is 14.9 Å². The van der Waals surface area contributed by atoms with Crippen LogP contribution in [0.2, 0.25) is 0 Å². The second-order valence-corrected chi connectivity index (χ2v) is 4.54. The second kappa shape index (κ2) is 6.78. The zero-order valence-corrected chi connectivity index (χ0v) is 12.9. The lowest BCUT2D eigenvalue weighted by molar-refractivity contribution is -0.385. The van der Waals surface area contributed by atoms with Crippen molar-refractivity contribution >= 4 is 11.5 Å². The van der Waals surface area contributed by atoms with Crippen LogP contribution in [0.15, 0.2) is 36.4 Å². The van der Waals surface area contributed by atoms with E-state index in [0.717, 1.165) is 0 Å². The summed E-state index contributed by atoms with van der Waals surface area (Å²) in [6.07, 6.45) is 0. The highest BCUT2D eigenvalue weighted by atomic mass is 16.6. The molecule has 0 saturated carbocycles. The first kappa shape index (κ1) is 16.3. The molecular weight excluding hydrogens is 302 g/mol. The molecule has 0 spiro atoms. The average Bonchev–Trinajstić information content (AvgIpc) is 2.59. The predicted molar refractivity (Wildman–Crippen MR) is 82.6 cm³/mol. The minimum absolute atomic E-state index is 0.0715. The number of methoxy groups -OCH3 is 3. The number of carbonyl (C=O) groups is 1. The first-order valence-electron chi connectivity index (χ1n) is 6.61. The van der Waals surface area contributed by atoms with Gasteiger partial charge >= 0.3 is 0 Å². The average molecular weight is 317 g/mol. The van der Waals surface area contributed by atoms with E-state index < -0.39 is 10.7 Å². The molecule has 0 fully saturated rings. The maximum absolute atomic E-state index is 12.6. The van der Waals surface area contributed by atoms with Crippen LogP contribution in [0.4, 0.5) is 5.69 Å². The van der Waals surface area contributed by atoms with Crippen LogP contribution in [0.1, 0.15) is 15.9 Å². The van der Waals surface area contributed by atoms with Gasteiger partial charge in [-0.25, -0.2) is 0 Å². The number of ketones is 1. The van der Waals surface area contributed by atoms with Crippen LogP contribution in [-0.4, -0.2) is 32.0 Å². The number of hydrogen-bond donors (Lipinski definition) is 0. The quantitative estimate of drug-likeness (QED) is 0.462. The molecule has 0 radical (unpaired) electrons. The first-order chi connectivity index (χ1) is 11.0. The molecule has 0 N–H and O–H groups in total. The number of hydrogen-bond acceptors (Lipinski definition) is 6. The molecule has 0 aliphatic rings. The molecule has 0 heterocycles. The summed E-state index contributed by atoms with van der Waals surface area (Å²) >= 11 is 0. The van der Waals surface area contributed by atoms with Crippen molar-refractivity contribution < 1.29 is 23.9 Å². The van der Waals surface area contributed by atoms with Gasteiger partial charge in [0.1, 0.15) is 11.3 Å². The van der Waals surface area contributed by atoms with Crippen molar-refractivity contribution in [3.63, 3.8) is 0 Å². The molecule has 7 heteroatoms. The fourth-order valence-electron chi connectivity index (χ4n) is 2.10. The smallest absolute Gasteiger partial charge is 0.284 e. The third kappa shape index (κ3) is 3.23. The van der Waals surface area contributed by atoms with Crippen molar-refractivity contribution in [2.24, 2.45) is 0 Å². The lowest BCUT2D eigenvalue weighted by atomic mass is 10.0. The van der Waals surface area contributed by atoms with Gasteiger partial charge in [0.15, 0.2) is 17.3 Å². The summed E-state index contributed by atoms with van der Waals surface area (Å²) in [5.41, 5.74) is -0.109. The summed E-state index contributed by atoms with van der Waals surface area (Å²) in [6, 6.07) is 8.79. The number of nitro groups is 1. The normalized spacial score (nSPS) is 10.0. The number of carbonyl (C=O) groups excluding carboxylic acids is 1. The van der Waals surface area contributed by atoms with E-state index in [1.807, 2.05) is 0 Å². The topological polar surface area (TPSA) is 87.9 Å². The molecule has 0 unspecified atom stereocenters. The van der Waals surface area contributed by atoms with Crippen LogP contribution in [0, 0.1) is 10.1 Å². The van der Waals surface area contributed by atoms with Crippen LogP contribution in [-0.2, 0) is 0 Å². The summed E-state index contributed by atoms with van der Waals surface area (Å²) < 4.78 is 15.2. The predicted octanol–water partition coefficient (Wildman–Crippen LogP) is 2.85. The van der Waals surface area contributed by atoms with Gasteiger partial charge in [-0.05, 0) is 24.3 Å². The Morgan fingerprint density at radius 3 is 2.00 bits per heavy atom. The monoisotopic (exact) mass is 317 g/mol. The SMILES string of the molecule is COc1ccc(C(=O)c2cc(OC)c(OC)cc2[N+](=O)[O-])cc1. The molecule has 2 rings (SSSR count). The van der Waals surface area contributed by atoms with Crippen LogP contribution in [0.3, 0.4) is 0 Å². The summed E-state index contributed by atoms with van der Waals surface area (Å²) in [5.74, 6) is 0.532. The van der Waals surface area contributed by atoms with Crippen LogP contribution >= 0.6 is 0 Å². The van der Waals surface area contributed by atoms with E-state index >= 15 is 0 Å². The highest BCUT2D eigenvalue weighted by Gasteiger charge is 2.25. The lowest BCUT2D eigenvalue weighted by Gasteiger charge is -2.10. The molecule has 0 aliphatic carbocycles. The molecule has 23 heavy (non-hydrogen) atoms. The van der Waals surface area contributed by atoms with Crippen molar-refractivity contribution in [2.75, 3.05) is 21.3 Å². The Morgan fingerprint density at radius 2 is 1.52 bits per heavy atom. The van der Waals surface area contributed by atoms with Gasteiger partial charge < -0.3 is 14.2 Å².